The van der Waals surface area contributed by atoms with Crippen LogP contribution in [-0.2, 0) is 17.8 Å². The molecule has 5 nitrogen and oxygen atoms in total. The Bertz CT molecular complexity index is 669. The standard InChI is InChI=1S/C19H24N2O3/c1-4-14-5-8-16(9-6-14)21-19(22)13-20-12-15-7-10-17(23-2)18(11-15)24-3/h5-11,20H,4,12-13H2,1-3H3,(H,21,22)/p+1. The second-order valence-corrected chi connectivity index (χ2v) is 5.48. The van der Waals surface area contributed by atoms with Crippen molar-refractivity contribution in [2.24, 2.45) is 0 Å². The van der Waals surface area contributed by atoms with Gasteiger partial charge >= 0.3 is 0 Å². The quantitative estimate of drug-likeness (QED) is 0.778. The maximum absolute atomic E-state index is 12.0. The number of nitrogens with one attached hydrogen (secondary N) is 1. The zero-order valence-electron chi connectivity index (χ0n) is 14.5. The molecule has 0 saturated heterocycles. The lowest BCUT2D eigenvalue weighted by molar-refractivity contribution is -0.659. The normalized spacial score (nSPS) is 10.3. The summed E-state index contributed by atoms with van der Waals surface area (Å²) in [4.78, 5) is 12.0. The van der Waals surface area contributed by atoms with Gasteiger partial charge in [-0.1, -0.05) is 19.1 Å². The maximum atomic E-state index is 12.0. The molecule has 0 unspecified atom stereocenters. The molecule has 0 aliphatic heterocycles. The third kappa shape index (κ3) is 4.99. The van der Waals surface area contributed by atoms with E-state index < -0.39 is 0 Å². The minimum absolute atomic E-state index is 0.0141. The summed E-state index contributed by atoms with van der Waals surface area (Å²) in [6.07, 6.45) is 0.993. The molecular formula is C19H25N2O3+. The van der Waals surface area contributed by atoms with Crippen LogP contribution in [0.5, 0.6) is 11.5 Å². The van der Waals surface area contributed by atoms with E-state index in [9.17, 15) is 4.79 Å². The van der Waals surface area contributed by atoms with Crippen molar-refractivity contribution in [1.29, 1.82) is 0 Å². The maximum Gasteiger partial charge on any atom is 0.279 e. The summed E-state index contributed by atoms with van der Waals surface area (Å²) in [5.41, 5.74) is 3.16. The summed E-state index contributed by atoms with van der Waals surface area (Å²) in [6, 6.07) is 13.7. The Labute approximate surface area is 143 Å². The van der Waals surface area contributed by atoms with Crippen LogP contribution in [-0.4, -0.2) is 26.7 Å². The van der Waals surface area contributed by atoms with E-state index >= 15 is 0 Å². The Morgan fingerprint density at radius 1 is 1.00 bits per heavy atom. The number of ether oxygens (including phenoxy) is 2. The van der Waals surface area contributed by atoms with E-state index in [4.69, 9.17) is 9.47 Å². The van der Waals surface area contributed by atoms with Crippen LogP contribution in [0.2, 0.25) is 0 Å². The molecule has 0 radical (unpaired) electrons. The number of hydrogen-bond donors (Lipinski definition) is 2. The van der Waals surface area contributed by atoms with E-state index in [2.05, 4.69) is 12.2 Å². The van der Waals surface area contributed by atoms with Gasteiger partial charge in [0.05, 0.1) is 14.2 Å². The third-order valence-electron chi connectivity index (χ3n) is 3.80. The van der Waals surface area contributed by atoms with Crippen molar-refractivity contribution in [2.75, 3.05) is 26.1 Å². The molecular weight excluding hydrogens is 304 g/mol. The molecule has 0 spiro atoms. The van der Waals surface area contributed by atoms with Gasteiger partial charge in [-0.15, -0.1) is 0 Å². The lowest BCUT2D eigenvalue weighted by Gasteiger charge is -2.09. The van der Waals surface area contributed by atoms with Gasteiger partial charge in [-0.2, -0.15) is 0 Å². The molecule has 2 aromatic rings. The lowest BCUT2D eigenvalue weighted by Crippen LogP contribution is -2.84. The Balaban J connectivity index is 1.81. The number of carbonyl (C=O) groups excluding carboxylic acids is 1. The number of anilines is 1. The van der Waals surface area contributed by atoms with Crippen molar-refractivity contribution in [3.63, 3.8) is 0 Å². The predicted octanol–water partition coefficient (Wildman–Crippen LogP) is 1.97. The van der Waals surface area contributed by atoms with E-state index in [-0.39, 0.29) is 5.91 Å². The van der Waals surface area contributed by atoms with Crippen LogP contribution in [0.1, 0.15) is 18.1 Å². The van der Waals surface area contributed by atoms with E-state index in [1.807, 2.05) is 47.8 Å². The zero-order chi connectivity index (χ0) is 17.4. The fourth-order valence-corrected chi connectivity index (χ4v) is 2.41. The lowest BCUT2D eigenvalue weighted by atomic mass is 10.1. The number of quaternary nitrogens is 1. The van der Waals surface area contributed by atoms with E-state index in [1.165, 1.54) is 5.56 Å². The molecule has 5 heteroatoms. The molecule has 128 valence electrons. The van der Waals surface area contributed by atoms with Crippen molar-refractivity contribution < 1.29 is 19.6 Å². The number of amides is 1. The average molecular weight is 329 g/mol. The van der Waals surface area contributed by atoms with Crippen LogP contribution in [0.25, 0.3) is 0 Å². The number of hydrogen-bond acceptors (Lipinski definition) is 3. The number of aryl methyl sites for hydroxylation is 1. The Morgan fingerprint density at radius 2 is 1.67 bits per heavy atom. The first-order chi connectivity index (χ1) is 11.7. The van der Waals surface area contributed by atoms with Crippen LogP contribution in [0.4, 0.5) is 5.69 Å². The summed E-state index contributed by atoms with van der Waals surface area (Å²) in [5.74, 6) is 1.39. The second-order valence-electron chi connectivity index (χ2n) is 5.48. The minimum atomic E-state index is -0.0141. The SMILES string of the molecule is CCc1ccc(NC(=O)C[NH2+]Cc2ccc(OC)c(OC)c2)cc1. The molecule has 0 bridgehead atoms. The third-order valence-corrected chi connectivity index (χ3v) is 3.80. The number of methoxy groups -OCH3 is 2. The highest BCUT2D eigenvalue weighted by Gasteiger charge is 2.08. The fraction of sp³-hybridized carbons (Fsp3) is 0.316. The first kappa shape index (κ1) is 17.8. The Morgan fingerprint density at radius 3 is 2.29 bits per heavy atom. The molecule has 0 heterocycles. The largest absolute Gasteiger partial charge is 0.493 e. The van der Waals surface area contributed by atoms with Crippen molar-refractivity contribution in [1.82, 2.24) is 0 Å². The van der Waals surface area contributed by atoms with Crippen molar-refractivity contribution in [3.8, 4) is 11.5 Å². The molecule has 3 N–H and O–H groups in total. The summed E-state index contributed by atoms with van der Waals surface area (Å²) >= 11 is 0. The summed E-state index contributed by atoms with van der Waals surface area (Å²) in [6.45, 7) is 3.17. The van der Waals surface area contributed by atoms with Crippen LogP contribution in [0.3, 0.4) is 0 Å². The molecule has 0 aliphatic carbocycles. The monoisotopic (exact) mass is 329 g/mol. The first-order valence-corrected chi connectivity index (χ1v) is 8.07. The molecule has 1 amide bonds. The topological polar surface area (TPSA) is 64.2 Å². The molecule has 0 atom stereocenters. The summed E-state index contributed by atoms with van der Waals surface area (Å²) in [5, 5.41) is 4.86. The van der Waals surface area contributed by atoms with E-state index in [0.29, 0.717) is 24.6 Å². The van der Waals surface area contributed by atoms with Crippen molar-refractivity contribution in [3.05, 3.63) is 53.6 Å². The van der Waals surface area contributed by atoms with E-state index in [1.54, 1.807) is 14.2 Å². The molecule has 2 aromatic carbocycles. The van der Waals surface area contributed by atoms with Gasteiger partial charge < -0.3 is 20.1 Å². The molecule has 0 aliphatic rings. The van der Waals surface area contributed by atoms with Gasteiger partial charge in [0, 0.05) is 11.3 Å². The molecule has 0 aromatic heterocycles. The highest BCUT2D eigenvalue weighted by molar-refractivity contribution is 5.91. The molecule has 0 fully saturated rings. The highest BCUT2D eigenvalue weighted by atomic mass is 16.5. The summed E-state index contributed by atoms with van der Waals surface area (Å²) in [7, 11) is 3.23. The van der Waals surface area contributed by atoms with Gasteiger partial charge in [-0.25, -0.2) is 0 Å². The fourth-order valence-electron chi connectivity index (χ4n) is 2.41. The predicted molar refractivity (Wildman–Crippen MR) is 94.5 cm³/mol. The van der Waals surface area contributed by atoms with Crippen LogP contribution in [0.15, 0.2) is 42.5 Å². The highest BCUT2D eigenvalue weighted by Crippen LogP contribution is 2.27. The minimum Gasteiger partial charge on any atom is -0.493 e. The van der Waals surface area contributed by atoms with Gasteiger partial charge in [0.15, 0.2) is 18.0 Å². The Hall–Kier alpha value is -2.53. The van der Waals surface area contributed by atoms with Crippen molar-refractivity contribution in [2.45, 2.75) is 19.9 Å². The van der Waals surface area contributed by atoms with Gasteiger partial charge in [0.2, 0.25) is 0 Å². The number of rotatable bonds is 8. The number of benzene rings is 2. The van der Waals surface area contributed by atoms with Crippen LogP contribution in [0, 0.1) is 0 Å². The van der Waals surface area contributed by atoms with Gasteiger partial charge in [0.1, 0.15) is 6.54 Å². The first-order valence-electron chi connectivity index (χ1n) is 8.07. The zero-order valence-corrected chi connectivity index (χ0v) is 14.5. The number of carbonyl (C=O) groups is 1. The molecule has 0 saturated carbocycles. The number of nitrogens with two attached hydrogens (primary N) is 1. The van der Waals surface area contributed by atoms with Gasteiger partial charge in [0.25, 0.3) is 5.91 Å². The summed E-state index contributed by atoms with van der Waals surface area (Å²) < 4.78 is 10.5. The average Bonchev–Trinajstić information content (AvgIpc) is 2.62. The molecule has 24 heavy (non-hydrogen) atoms. The molecule has 2 rings (SSSR count). The van der Waals surface area contributed by atoms with Gasteiger partial charge in [-0.3, -0.25) is 4.79 Å². The van der Waals surface area contributed by atoms with Crippen molar-refractivity contribution >= 4 is 11.6 Å². The smallest absolute Gasteiger partial charge is 0.279 e. The van der Waals surface area contributed by atoms with Gasteiger partial charge in [-0.05, 0) is 42.3 Å². The second kappa shape index (κ2) is 8.93. The van der Waals surface area contributed by atoms with Crippen LogP contribution >= 0.6 is 0 Å². The van der Waals surface area contributed by atoms with E-state index in [0.717, 1.165) is 17.7 Å². The Kier molecular flexibility index (Phi) is 6.63. The van der Waals surface area contributed by atoms with Crippen LogP contribution < -0.4 is 20.1 Å².